The highest BCUT2D eigenvalue weighted by molar-refractivity contribution is 7.09. The van der Waals surface area contributed by atoms with Crippen LogP contribution in [-0.2, 0) is 13.0 Å². The first-order chi connectivity index (χ1) is 17.9. The number of ketones is 1. The number of thiazole rings is 1. The number of piperidine rings is 1. The molecule has 0 bridgehead atoms. The van der Waals surface area contributed by atoms with E-state index in [9.17, 15) is 14.0 Å². The van der Waals surface area contributed by atoms with Gasteiger partial charge in [-0.15, -0.1) is 11.3 Å². The highest BCUT2D eigenvalue weighted by atomic mass is 32.1. The first-order valence-electron chi connectivity index (χ1n) is 12.4. The maximum atomic E-state index is 13.3. The molecule has 0 radical (unpaired) electrons. The summed E-state index contributed by atoms with van der Waals surface area (Å²) in [6.45, 7) is 3.05. The van der Waals surface area contributed by atoms with Crippen LogP contribution in [0.1, 0.15) is 55.7 Å². The summed E-state index contributed by atoms with van der Waals surface area (Å²) in [7, 11) is 3.24. The van der Waals surface area contributed by atoms with E-state index in [1.807, 2.05) is 22.4 Å². The van der Waals surface area contributed by atoms with Crippen molar-refractivity contribution < 1.29 is 23.5 Å². The average Bonchev–Trinajstić information content (AvgIpc) is 3.42. The number of hydrogen-bond donors (Lipinski definition) is 0. The summed E-state index contributed by atoms with van der Waals surface area (Å²) in [6, 6.07) is 9.65. The van der Waals surface area contributed by atoms with Gasteiger partial charge in [0.1, 0.15) is 11.5 Å². The fourth-order valence-electron chi connectivity index (χ4n) is 5.06. The van der Waals surface area contributed by atoms with Gasteiger partial charge in [-0.05, 0) is 79.9 Å². The Hall–Kier alpha value is -3.30. The minimum atomic E-state index is -0.343. The minimum Gasteiger partial charge on any atom is -0.493 e. The number of halogens is 1. The number of hydrogen-bond acceptors (Lipinski definition) is 7. The summed E-state index contributed by atoms with van der Waals surface area (Å²) in [6.07, 6.45) is 2.53. The fourth-order valence-corrected chi connectivity index (χ4v) is 6.03. The minimum absolute atomic E-state index is 0.000231. The number of rotatable bonds is 7. The SMILES string of the molecule is COc1cc2c(cc1OC)CN(C(=O)c1csc(C3CCN(CC(=O)c4ccc(F)cc4)CC3)n1)CC2. The molecule has 0 aliphatic carbocycles. The Bertz CT molecular complexity index is 1290. The van der Waals surface area contributed by atoms with E-state index in [1.54, 1.807) is 25.6 Å². The average molecular weight is 524 g/mol. The molecule has 3 aromatic rings. The van der Waals surface area contributed by atoms with Crippen LogP contribution in [0.5, 0.6) is 11.5 Å². The molecular formula is C28H30FN3O4S. The van der Waals surface area contributed by atoms with Crippen LogP contribution in [0.3, 0.4) is 0 Å². The van der Waals surface area contributed by atoms with Gasteiger partial charge in [0.15, 0.2) is 17.3 Å². The van der Waals surface area contributed by atoms with Gasteiger partial charge in [0.05, 0.1) is 25.8 Å². The van der Waals surface area contributed by atoms with Crippen LogP contribution in [0, 0.1) is 5.82 Å². The predicted octanol–water partition coefficient (Wildman–Crippen LogP) is 4.56. The third-order valence-corrected chi connectivity index (χ3v) is 8.22. The number of amides is 1. The van der Waals surface area contributed by atoms with Crippen molar-refractivity contribution in [2.75, 3.05) is 40.4 Å². The lowest BCUT2D eigenvalue weighted by atomic mass is 9.97. The predicted molar refractivity (Wildman–Crippen MR) is 139 cm³/mol. The van der Waals surface area contributed by atoms with Crippen molar-refractivity contribution in [2.45, 2.75) is 31.7 Å². The van der Waals surface area contributed by atoms with Crippen molar-refractivity contribution in [1.82, 2.24) is 14.8 Å². The van der Waals surface area contributed by atoms with Crippen molar-refractivity contribution >= 4 is 23.0 Å². The Morgan fingerprint density at radius 1 is 1.03 bits per heavy atom. The fraction of sp³-hybridized carbons (Fsp3) is 0.393. The van der Waals surface area contributed by atoms with Gasteiger partial charge in [-0.2, -0.15) is 0 Å². The lowest BCUT2D eigenvalue weighted by Crippen LogP contribution is -2.37. The molecule has 0 saturated carbocycles. The largest absolute Gasteiger partial charge is 0.493 e. The molecule has 0 unspecified atom stereocenters. The molecule has 3 heterocycles. The van der Waals surface area contributed by atoms with Crippen molar-refractivity contribution in [3.63, 3.8) is 0 Å². The number of fused-ring (bicyclic) bond motifs is 1. The zero-order valence-electron chi connectivity index (χ0n) is 21.0. The summed E-state index contributed by atoms with van der Waals surface area (Å²) >= 11 is 1.54. The van der Waals surface area contributed by atoms with Crippen LogP contribution in [0.4, 0.5) is 4.39 Å². The normalized spacial score (nSPS) is 16.4. The van der Waals surface area contributed by atoms with Crippen LogP contribution in [0.25, 0.3) is 0 Å². The second-order valence-corrected chi connectivity index (χ2v) is 10.4. The van der Waals surface area contributed by atoms with Crippen molar-refractivity contribution in [1.29, 1.82) is 0 Å². The highest BCUT2D eigenvalue weighted by Crippen LogP contribution is 2.34. The van der Waals surface area contributed by atoms with Gasteiger partial charge >= 0.3 is 0 Å². The number of ether oxygens (including phenoxy) is 2. The first-order valence-corrected chi connectivity index (χ1v) is 13.3. The van der Waals surface area contributed by atoms with Crippen LogP contribution < -0.4 is 9.47 Å². The third kappa shape index (κ3) is 5.52. The molecule has 0 N–H and O–H groups in total. The molecule has 37 heavy (non-hydrogen) atoms. The smallest absolute Gasteiger partial charge is 0.273 e. The van der Waals surface area contributed by atoms with E-state index in [1.165, 1.54) is 29.8 Å². The molecule has 1 amide bonds. The number of carbonyl (C=O) groups excluding carboxylic acids is 2. The maximum Gasteiger partial charge on any atom is 0.273 e. The summed E-state index contributed by atoms with van der Waals surface area (Å²) in [5, 5.41) is 2.85. The van der Waals surface area contributed by atoms with Gasteiger partial charge in [0.2, 0.25) is 0 Å². The van der Waals surface area contributed by atoms with Crippen molar-refractivity contribution in [3.8, 4) is 11.5 Å². The quantitative estimate of drug-likeness (QED) is 0.423. The second kappa shape index (κ2) is 11.0. The summed E-state index contributed by atoms with van der Waals surface area (Å²) in [5.74, 6) is 1.26. The molecule has 9 heteroatoms. The van der Waals surface area contributed by atoms with Crippen LogP contribution in [0.2, 0.25) is 0 Å². The molecule has 194 valence electrons. The van der Waals surface area contributed by atoms with E-state index in [4.69, 9.17) is 14.5 Å². The molecule has 0 spiro atoms. The van der Waals surface area contributed by atoms with E-state index in [2.05, 4.69) is 4.90 Å². The molecule has 5 rings (SSSR count). The number of methoxy groups -OCH3 is 2. The highest BCUT2D eigenvalue weighted by Gasteiger charge is 2.28. The van der Waals surface area contributed by atoms with Gasteiger partial charge < -0.3 is 14.4 Å². The van der Waals surface area contributed by atoms with E-state index in [0.29, 0.717) is 42.4 Å². The van der Waals surface area contributed by atoms with Gasteiger partial charge in [0, 0.05) is 30.0 Å². The Balaban J connectivity index is 1.17. The number of Topliss-reactive ketones (excluding diaryl/α,β-unsaturated/α-hetero) is 1. The zero-order valence-corrected chi connectivity index (χ0v) is 21.9. The molecule has 1 aromatic heterocycles. The second-order valence-electron chi connectivity index (χ2n) is 9.50. The number of nitrogens with zero attached hydrogens (tertiary/aromatic N) is 3. The van der Waals surface area contributed by atoms with Crippen molar-refractivity contribution in [3.05, 3.63) is 75.0 Å². The van der Waals surface area contributed by atoms with Gasteiger partial charge in [-0.25, -0.2) is 9.37 Å². The molecule has 2 aliphatic rings. The summed E-state index contributed by atoms with van der Waals surface area (Å²) < 4.78 is 24.0. The zero-order chi connectivity index (χ0) is 25.9. The van der Waals surface area contributed by atoms with E-state index >= 15 is 0 Å². The molecule has 7 nitrogen and oxygen atoms in total. The Kier molecular flexibility index (Phi) is 7.53. The molecule has 2 aromatic carbocycles. The Morgan fingerprint density at radius 3 is 2.38 bits per heavy atom. The number of benzene rings is 2. The molecule has 1 saturated heterocycles. The summed E-state index contributed by atoms with van der Waals surface area (Å²) in [4.78, 5) is 34.5. The molecule has 0 atom stereocenters. The molecule has 1 fully saturated rings. The van der Waals surface area contributed by atoms with Gasteiger partial charge in [-0.3, -0.25) is 14.5 Å². The summed E-state index contributed by atoms with van der Waals surface area (Å²) in [5.41, 5.74) is 3.27. The van der Waals surface area contributed by atoms with Crippen LogP contribution >= 0.6 is 11.3 Å². The topological polar surface area (TPSA) is 72.0 Å². The monoisotopic (exact) mass is 523 g/mol. The van der Waals surface area contributed by atoms with E-state index in [0.717, 1.165) is 42.9 Å². The lowest BCUT2D eigenvalue weighted by molar-refractivity contribution is 0.0728. The van der Waals surface area contributed by atoms with Crippen LogP contribution in [-0.4, -0.2) is 66.9 Å². The van der Waals surface area contributed by atoms with Crippen molar-refractivity contribution in [2.24, 2.45) is 0 Å². The molecule has 2 aliphatic heterocycles. The standard InChI is InChI=1S/C28H30FN3O4S/c1-35-25-13-20-9-12-32(15-21(20)14-26(25)36-2)28(34)23-17-37-27(30-23)19-7-10-31(11-8-19)16-24(33)18-3-5-22(29)6-4-18/h3-6,13-14,17,19H,7-12,15-16H2,1-2H3. The lowest BCUT2D eigenvalue weighted by Gasteiger charge is -2.30. The van der Waals surface area contributed by atoms with Crippen LogP contribution in [0.15, 0.2) is 41.8 Å². The third-order valence-electron chi connectivity index (χ3n) is 7.22. The van der Waals surface area contributed by atoms with Gasteiger partial charge in [0.25, 0.3) is 5.91 Å². The van der Waals surface area contributed by atoms with E-state index in [-0.39, 0.29) is 23.4 Å². The Morgan fingerprint density at radius 2 is 1.70 bits per heavy atom. The van der Waals surface area contributed by atoms with Gasteiger partial charge in [-0.1, -0.05) is 0 Å². The molecular weight excluding hydrogens is 493 g/mol. The number of likely N-dealkylation sites (tertiary alicyclic amines) is 1. The maximum absolute atomic E-state index is 13.3. The van der Waals surface area contributed by atoms with E-state index < -0.39 is 0 Å². The Labute approximate surface area is 219 Å². The number of aromatic nitrogens is 1. The number of carbonyl (C=O) groups is 2. The first kappa shape index (κ1) is 25.4.